The van der Waals surface area contributed by atoms with E-state index in [1.165, 1.54) is 0 Å². The number of hydrogen-bond donors (Lipinski definition) is 1. The summed E-state index contributed by atoms with van der Waals surface area (Å²) in [5.41, 5.74) is 7.05. The molecule has 1 rings (SSSR count). The maximum absolute atomic E-state index is 11.6. The van der Waals surface area contributed by atoms with Crippen molar-refractivity contribution in [2.75, 3.05) is 6.54 Å². The topological polar surface area (TPSA) is 43.1 Å². The van der Waals surface area contributed by atoms with Crippen molar-refractivity contribution in [2.45, 2.75) is 26.7 Å². The van der Waals surface area contributed by atoms with Crippen molar-refractivity contribution < 1.29 is 4.79 Å². The lowest BCUT2D eigenvalue weighted by atomic mass is 9.76. The zero-order valence-electron chi connectivity index (χ0n) is 8.39. The molecule has 0 heterocycles. The molecule has 2 N–H and O–H groups in total. The minimum absolute atomic E-state index is 0.0650. The summed E-state index contributed by atoms with van der Waals surface area (Å²) < 4.78 is 0. The Morgan fingerprint density at radius 1 is 1.62 bits per heavy atom. The van der Waals surface area contributed by atoms with Gasteiger partial charge in [0.05, 0.1) is 0 Å². The van der Waals surface area contributed by atoms with E-state index in [4.69, 9.17) is 5.73 Å². The molecule has 2 heteroatoms. The van der Waals surface area contributed by atoms with Gasteiger partial charge in [0.25, 0.3) is 0 Å². The first kappa shape index (κ1) is 10.2. The van der Waals surface area contributed by atoms with Crippen LogP contribution >= 0.6 is 0 Å². The molecule has 0 saturated heterocycles. The predicted octanol–water partition coefficient (Wildman–Crippen LogP) is 1.82. The molecule has 0 spiro atoms. The number of allylic oxidation sites excluding steroid dienone is 2. The second kappa shape index (κ2) is 3.46. The zero-order chi connectivity index (χ0) is 10.1. The van der Waals surface area contributed by atoms with Gasteiger partial charge in [0.2, 0.25) is 0 Å². The molecule has 0 radical (unpaired) electrons. The number of rotatable bonds is 2. The average molecular weight is 179 g/mol. The fraction of sp³-hybridized carbons (Fsp3) is 0.545. The van der Waals surface area contributed by atoms with Crippen molar-refractivity contribution >= 4 is 5.78 Å². The molecule has 0 aromatic rings. The minimum Gasteiger partial charge on any atom is -0.330 e. The highest BCUT2D eigenvalue weighted by Crippen LogP contribution is 2.34. The number of carbonyl (C=O) groups excluding carboxylic acids is 1. The molecule has 0 aromatic carbocycles. The van der Waals surface area contributed by atoms with Crippen LogP contribution in [0.15, 0.2) is 23.8 Å². The van der Waals surface area contributed by atoms with Gasteiger partial charge < -0.3 is 5.73 Å². The largest absolute Gasteiger partial charge is 0.330 e. The molecule has 1 aliphatic carbocycles. The summed E-state index contributed by atoms with van der Waals surface area (Å²) in [7, 11) is 0. The van der Waals surface area contributed by atoms with Crippen LogP contribution in [0.4, 0.5) is 0 Å². The van der Waals surface area contributed by atoms with Gasteiger partial charge in [0, 0.05) is 0 Å². The molecule has 0 amide bonds. The van der Waals surface area contributed by atoms with Gasteiger partial charge >= 0.3 is 0 Å². The normalized spacial score (nSPS) is 21.6. The van der Waals surface area contributed by atoms with Crippen LogP contribution in [-0.4, -0.2) is 12.3 Å². The van der Waals surface area contributed by atoms with Crippen LogP contribution in [0.2, 0.25) is 0 Å². The molecule has 1 aliphatic rings. The molecule has 0 unspecified atom stereocenters. The Bertz CT molecular complexity index is 274. The maximum atomic E-state index is 11.6. The van der Waals surface area contributed by atoms with Gasteiger partial charge in [-0.25, -0.2) is 0 Å². The Morgan fingerprint density at radius 2 is 2.23 bits per heavy atom. The third kappa shape index (κ3) is 2.28. The fourth-order valence-electron chi connectivity index (χ4n) is 1.79. The first-order valence-electron chi connectivity index (χ1n) is 4.60. The SMILES string of the molecule is C=C1CC(C)(C)C=C(CCN)C1=O. The number of Topliss-reactive ketones (excluding diaryl/α,β-unsaturated/α-hetero) is 1. The lowest BCUT2D eigenvalue weighted by Crippen LogP contribution is -2.23. The molecule has 0 aliphatic heterocycles. The summed E-state index contributed by atoms with van der Waals surface area (Å²) in [4.78, 5) is 11.6. The van der Waals surface area contributed by atoms with Crippen LogP contribution in [0.5, 0.6) is 0 Å². The maximum Gasteiger partial charge on any atom is 0.184 e. The van der Waals surface area contributed by atoms with Crippen LogP contribution in [0, 0.1) is 5.41 Å². The third-order valence-corrected chi connectivity index (χ3v) is 2.26. The molecule has 72 valence electrons. The zero-order valence-corrected chi connectivity index (χ0v) is 8.39. The smallest absolute Gasteiger partial charge is 0.184 e. The highest BCUT2D eigenvalue weighted by atomic mass is 16.1. The number of carbonyl (C=O) groups is 1. The molecule has 2 nitrogen and oxygen atoms in total. The molecular formula is C11H17NO. The van der Waals surface area contributed by atoms with Crippen LogP contribution in [0.3, 0.4) is 0 Å². The van der Waals surface area contributed by atoms with Gasteiger partial charge in [-0.1, -0.05) is 26.5 Å². The number of hydrogen-bond acceptors (Lipinski definition) is 2. The van der Waals surface area contributed by atoms with Crippen LogP contribution < -0.4 is 5.73 Å². The molecular weight excluding hydrogens is 162 g/mol. The monoisotopic (exact) mass is 179 g/mol. The Hall–Kier alpha value is -0.890. The first-order valence-corrected chi connectivity index (χ1v) is 4.60. The first-order chi connectivity index (χ1) is 5.96. The van der Waals surface area contributed by atoms with Crippen molar-refractivity contribution in [3.8, 4) is 0 Å². The summed E-state index contributed by atoms with van der Waals surface area (Å²) in [5.74, 6) is 0.102. The lowest BCUT2D eigenvalue weighted by molar-refractivity contribution is -0.113. The van der Waals surface area contributed by atoms with Crippen molar-refractivity contribution in [3.05, 3.63) is 23.8 Å². The third-order valence-electron chi connectivity index (χ3n) is 2.26. The Labute approximate surface area is 79.5 Å². The second-order valence-electron chi connectivity index (χ2n) is 4.31. The molecule has 0 bridgehead atoms. The quantitative estimate of drug-likeness (QED) is 0.657. The summed E-state index contributed by atoms with van der Waals surface area (Å²) >= 11 is 0. The molecule has 0 atom stereocenters. The molecule has 0 saturated carbocycles. The van der Waals surface area contributed by atoms with Gasteiger partial charge in [-0.05, 0) is 35.9 Å². The van der Waals surface area contributed by atoms with Crippen molar-refractivity contribution in [1.82, 2.24) is 0 Å². The Balaban J connectivity index is 2.95. The summed E-state index contributed by atoms with van der Waals surface area (Å²) in [5, 5.41) is 0. The number of ketones is 1. The Kier molecular flexibility index (Phi) is 2.71. The standard InChI is InChI=1S/C11H17NO/c1-8-6-11(2,3)7-9(4-5-12)10(8)13/h7H,1,4-6,12H2,2-3H3. The van der Waals surface area contributed by atoms with E-state index in [2.05, 4.69) is 20.4 Å². The van der Waals surface area contributed by atoms with Crippen molar-refractivity contribution in [1.29, 1.82) is 0 Å². The van der Waals surface area contributed by atoms with E-state index in [-0.39, 0.29) is 11.2 Å². The summed E-state index contributed by atoms with van der Waals surface area (Å²) in [6.45, 7) is 8.55. The van der Waals surface area contributed by atoms with E-state index in [0.717, 1.165) is 17.6 Å². The highest BCUT2D eigenvalue weighted by Gasteiger charge is 2.27. The van der Waals surface area contributed by atoms with Gasteiger partial charge in [0.15, 0.2) is 5.78 Å². The van der Waals surface area contributed by atoms with Gasteiger partial charge in [0.1, 0.15) is 0 Å². The molecule has 0 aromatic heterocycles. The van der Waals surface area contributed by atoms with E-state index in [9.17, 15) is 4.79 Å². The van der Waals surface area contributed by atoms with Crippen LogP contribution in [0.1, 0.15) is 26.7 Å². The van der Waals surface area contributed by atoms with Crippen molar-refractivity contribution in [2.24, 2.45) is 11.1 Å². The van der Waals surface area contributed by atoms with Gasteiger partial charge in [-0.15, -0.1) is 0 Å². The summed E-state index contributed by atoms with van der Waals surface area (Å²) in [6, 6.07) is 0. The van der Waals surface area contributed by atoms with E-state index < -0.39 is 0 Å². The fourth-order valence-corrected chi connectivity index (χ4v) is 1.79. The van der Waals surface area contributed by atoms with Crippen molar-refractivity contribution in [3.63, 3.8) is 0 Å². The van der Waals surface area contributed by atoms with E-state index in [0.29, 0.717) is 13.0 Å². The number of nitrogens with two attached hydrogens (primary N) is 1. The van der Waals surface area contributed by atoms with Crippen LogP contribution in [-0.2, 0) is 4.79 Å². The minimum atomic E-state index is 0.0650. The van der Waals surface area contributed by atoms with Crippen LogP contribution in [0.25, 0.3) is 0 Å². The van der Waals surface area contributed by atoms with E-state index in [1.54, 1.807) is 0 Å². The van der Waals surface area contributed by atoms with Gasteiger partial charge in [-0.3, -0.25) is 4.79 Å². The highest BCUT2D eigenvalue weighted by molar-refractivity contribution is 6.08. The second-order valence-corrected chi connectivity index (χ2v) is 4.31. The summed E-state index contributed by atoms with van der Waals surface area (Å²) in [6.07, 6.45) is 3.47. The Morgan fingerprint density at radius 3 is 2.77 bits per heavy atom. The molecule has 13 heavy (non-hydrogen) atoms. The van der Waals surface area contributed by atoms with Gasteiger partial charge in [-0.2, -0.15) is 0 Å². The van der Waals surface area contributed by atoms with E-state index >= 15 is 0 Å². The lowest BCUT2D eigenvalue weighted by Gasteiger charge is -2.28. The molecule has 0 fully saturated rings. The average Bonchev–Trinajstić information content (AvgIpc) is 1.99. The predicted molar refractivity (Wildman–Crippen MR) is 54.3 cm³/mol. The van der Waals surface area contributed by atoms with E-state index in [1.807, 2.05) is 6.08 Å².